The second-order valence-electron chi connectivity index (χ2n) is 4.66. The first kappa shape index (κ1) is 15.1. The average Bonchev–Trinajstić information content (AvgIpc) is 2.85. The first-order valence-electron chi connectivity index (χ1n) is 6.49. The standard InChI is InChI=1S/C13H23N3OS/c1-5-8(3)12(14)13(17)15-9(4)10-7-18-11(6-2)16-10/h7-9,12H,5-6,14H2,1-4H3,(H,15,17). The zero-order valence-electron chi connectivity index (χ0n) is 11.6. The molecule has 0 bridgehead atoms. The quantitative estimate of drug-likeness (QED) is 0.832. The van der Waals surface area contributed by atoms with E-state index in [-0.39, 0.29) is 17.9 Å². The largest absolute Gasteiger partial charge is 0.347 e. The number of nitrogens with zero attached hydrogens (tertiary/aromatic N) is 1. The van der Waals surface area contributed by atoms with Crippen LogP contribution in [0.2, 0.25) is 0 Å². The van der Waals surface area contributed by atoms with E-state index in [4.69, 9.17) is 5.73 Å². The zero-order chi connectivity index (χ0) is 13.7. The Kier molecular flexibility index (Phi) is 5.75. The maximum Gasteiger partial charge on any atom is 0.237 e. The third-order valence-corrected chi connectivity index (χ3v) is 4.25. The molecule has 0 aliphatic rings. The Bertz CT molecular complexity index is 391. The van der Waals surface area contributed by atoms with Gasteiger partial charge in [0.05, 0.1) is 22.8 Å². The van der Waals surface area contributed by atoms with Gasteiger partial charge in [-0.05, 0) is 19.3 Å². The molecule has 3 atom stereocenters. The van der Waals surface area contributed by atoms with E-state index in [1.165, 1.54) is 0 Å². The Morgan fingerprint density at radius 1 is 1.50 bits per heavy atom. The molecule has 0 saturated carbocycles. The molecule has 5 heteroatoms. The molecular formula is C13H23N3OS. The highest BCUT2D eigenvalue weighted by molar-refractivity contribution is 7.09. The first-order chi connectivity index (χ1) is 8.49. The summed E-state index contributed by atoms with van der Waals surface area (Å²) in [4.78, 5) is 16.4. The van der Waals surface area contributed by atoms with Crippen LogP contribution in [0.4, 0.5) is 0 Å². The van der Waals surface area contributed by atoms with Crippen molar-refractivity contribution in [1.82, 2.24) is 10.3 Å². The van der Waals surface area contributed by atoms with Gasteiger partial charge in [-0.1, -0.05) is 27.2 Å². The number of hydrogen-bond donors (Lipinski definition) is 2. The minimum Gasteiger partial charge on any atom is -0.347 e. The molecular weight excluding hydrogens is 246 g/mol. The number of aromatic nitrogens is 1. The van der Waals surface area contributed by atoms with Gasteiger partial charge < -0.3 is 11.1 Å². The molecule has 18 heavy (non-hydrogen) atoms. The zero-order valence-corrected chi connectivity index (χ0v) is 12.4. The molecule has 0 aromatic carbocycles. The lowest BCUT2D eigenvalue weighted by atomic mass is 9.99. The van der Waals surface area contributed by atoms with E-state index in [0.29, 0.717) is 0 Å². The van der Waals surface area contributed by atoms with Gasteiger partial charge in [0, 0.05) is 5.38 Å². The topological polar surface area (TPSA) is 68.0 Å². The molecule has 0 spiro atoms. The molecule has 0 aliphatic heterocycles. The Morgan fingerprint density at radius 2 is 2.17 bits per heavy atom. The lowest BCUT2D eigenvalue weighted by Crippen LogP contribution is -2.45. The van der Waals surface area contributed by atoms with Crippen LogP contribution in [0.15, 0.2) is 5.38 Å². The lowest BCUT2D eigenvalue weighted by Gasteiger charge is -2.20. The van der Waals surface area contributed by atoms with Crippen molar-refractivity contribution in [3.05, 3.63) is 16.1 Å². The van der Waals surface area contributed by atoms with Gasteiger partial charge in [-0.15, -0.1) is 11.3 Å². The van der Waals surface area contributed by atoms with E-state index in [9.17, 15) is 4.79 Å². The smallest absolute Gasteiger partial charge is 0.237 e. The molecule has 1 aromatic heterocycles. The van der Waals surface area contributed by atoms with Gasteiger partial charge in [0.2, 0.25) is 5.91 Å². The number of rotatable bonds is 6. The van der Waals surface area contributed by atoms with Crippen LogP contribution >= 0.6 is 11.3 Å². The summed E-state index contributed by atoms with van der Waals surface area (Å²) in [7, 11) is 0. The van der Waals surface area contributed by atoms with E-state index < -0.39 is 6.04 Å². The number of nitrogens with one attached hydrogen (secondary N) is 1. The normalized spacial score (nSPS) is 16.1. The van der Waals surface area contributed by atoms with E-state index in [1.807, 2.05) is 26.2 Å². The van der Waals surface area contributed by atoms with Crippen molar-refractivity contribution in [3.8, 4) is 0 Å². The summed E-state index contributed by atoms with van der Waals surface area (Å²) in [6.45, 7) is 8.04. The predicted octanol–water partition coefficient (Wildman–Crippen LogP) is 2.26. The number of carbonyl (C=O) groups excluding carboxylic acids is 1. The highest BCUT2D eigenvalue weighted by Gasteiger charge is 2.21. The Hall–Kier alpha value is -0.940. The maximum absolute atomic E-state index is 11.9. The molecule has 102 valence electrons. The fraction of sp³-hybridized carbons (Fsp3) is 0.692. The molecule has 3 N–H and O–H groups in total. The Morgan fingerprint density at radius 3 is 2.67 bits per heavy atom. The van der Waals surface area contributed by atoms with Crippen LogP contribution in [-0.4, -0.2) is 16.9 Å². The fourth-order valence-corrected chi connectivity index (χ4v) is 2.42. The van der Waals surface area contributed by atoms with Gasteiger partial charge in [-0.2, -0.15) is 0 Å². The molecule has 0 fully saturated rings. The van der Waals surface area contributed by atoms with Gasteiger partial charge in [0.15, 0.2) is 0 Å². The highest BCUT2D eigenvalue weighted by atomic mass is 32.1. The van der Waals surface area contributed by atoms with Crippen LogP contribution in [0.3, 0.4) is 0 Å². The van der Waals surface area contributed by atoms with Crippen LogP contribution in [0.1, 0.15) is 50.9 Å². The van der Waals surface area contributed by atoms with Crippen LogP contribution in [0.5, 0.6) is 0 Å². The number of aryl methyl sites for hydroxylation is 1. The van der Waals surface area contributed by atoms with Crippen LogP contribution in [0.25, 0.3) is 0 Å². The third-order valence-electron chi connectivity index (χ3n) is 3.23. The van der Waals surface area contributed by atoms with Crippen LogP contribution < -0.4 is 11.1 Å². The van der Waals surface area contributed by atoms with Crippen molar-refractivity contribution in [2.24, 2.45) is 11.7 Å². The monoisotopic (exact) mass is 269 g/mol. The van der Waals surface area contributed by atoms with Crippen molar-refractivity contribution in [2.45, 2.75) is 52.6 Å². The van der Waals surface area contributed by atoms with Crippen LogP contribution in [-0.2, 0) is 11.2 Å². The van der Waals surface area contributed by atoms with E-state index >= 15 is 0 Å². The first-order valence-corrected chi connectivity index (χ1v) is 7.37. The maximum atomic E-state index is 11.9. The lowest BCUT2D eigenvalue weighted by molar-refractivity contribution is -0.124. The predicted molar refractivity (Wildman–Crippen MR) is 75.5 cm³/mol. The van der Waals surface area contributed by atoms with Crippen LogP contribution in [0, 0.1) is 5.92 Å². The number of thiazole rings is 1. The summed E-state index contributed by atoms with van der Waals surface area (Å²) in [6.07, 6.45) is 1.83. The molecule has 0 radical (unpaired) electrons. The Labute approximate surface area is 113 Å². The highest BCUT2D eigenvalue weighted by Crippen LogP contribution is 2.17. The summed E-state index contributed by atoms with van der Waals surface area (Å²) in [5.74, 6) is 0.0988. The van der Waals surface area contributed by atoms with E-state index in [0.717, 1.165) is 23.5 Å². The van der Waals surface area contributed by atoms with Crippen molar-refractivity contribution in [1.29, 1.82) is 0 Å². The SMILES string of the molecule is CCc1nc(C(C)NC(=O)C(N)C(C)CC)cs1. The van der Waals surface area contributed by atoms with Crippen molar-refractivity contribution in [2.75, 3.05) is 0 Å². The number of hydrogen-bond acceptors (Lipinski definition) is 4. The van der Waals surface area contributed by atoms with Crippen molar-refractivity contribution >= 4 is 17.2 Å². The minimum atomic E-state index is -0.443. The van der Waals surface area contributed by atoms with Gasteiger partial charge in [-0.3, -0.25) is 4.79 Å². The molecule has 0 saturated heterocycles. The van der Waals surface area contributed by atoms with E-state index in [1.54, 1.807) is 11.3 Å². The van der Waals surface area contributed by atoms with Crippen molar-refractivity contribution in [3.63, 3.8) is 0 Å². The second kappa shape index (κ2) is 6.85. The summed E-state index contributed by atoms with van der Waals surface area (Å²) in [6, 6.07) is -0.522. The summed E-state index contributed by atoms with van der Waals surface area (Å²) in [5.41, 5.74) is 6.82. The van der Waals surface area contributed by atoms with Gasteiger partial charge >= 0.3 is 0 Å². The fourth-order valence-electron chi connectivity index (χ4n) is 1.58. The molecule has 4 nitrogen and oxygen atoms in total. The minimum absolute atomic E-state index is 0.0795. The van der Waals surface area contributed by atoms with E-state index in [2.05, 4.69) is 17.2 Å². The Balaban J connectivity index is 2.58. The summed E-state index contributed by atoms with van der Waals surface area (Å²) < 4.78 is 0. The number of nitrogens with two attached hydrogens (primary N) is 1. The molecule has 1 rings (SSSR count). The summed E-state index contributed by atoms with van der Waals surface area (Å²) >= 11 is 1.63. The molecule has 1 amide bonds. The molecule has 1 heterocycles. The molecule has 3 unspecified atom stereocenters. The molecule has 1 aromatic rings. The van der Waals surface area contributed by atoms with Gasteiger partial charge in [0.1, 0.15) is 0 Å². The van der Waals surface area contributed by atoms with Crippen molar-refractivity contribution < 1.29 is 4.79 Å². The second-order valence-corrected chi connectivity index (χ2v) is 5.60. The summed E-state index contributed by atoms with van der Waals surface area (Å²) in [5, 5.41) is 6.02. The van der Waals surface area contributed by atoms with Gasteiger partial charge in [0.25, 0.3) is 0 Å². The molecule has 0 aliphatic carbocycles. The average molecular weight is 269 g/mol. The number of carbonyl (C=O) groups is 1. The van der Waals surface area contributed by atoms with Gasteiger partial charge in [-0.25, -0.2) is 4.98 Å². The third kappa shape index (κ3) is 3.78. The number of amides is 1.